The van der Waals surface area contributed by atoms with Crippen molar-refractivity contribution in [3.63, 3.8) is 0 Å². The minimum Gasteiger partial charge on any atom is -0.365 e. The lowest BCUT2D eigenvalue weighted by molar-refractivity contribution is -0.119. The van der Waals surface area contributed by atoms with Crippen molar-refractivity contribution < 1.29 is 13.6 Å². The minimum atomic E-state index is -0.996. The van der Waals surface area contributed by atoms with Crippen LogP contribution < -0.4 is 10.6 Å². The van der Waals surface area contributed by atoms with Crippen molar-refractivity contribution in [3.8, 4) is 0 Å². The van der Waals surface area contributed by atoms with Crippen LogP contribution in [0.25, 0.3) is 10.9 Å². The number of carbonyl (C=O) groups excluding carboxylic acids is 1. The molecule has 130 valence electrons. The molecule has 0 fully saturated rings. The van der Waals surface area contributed by atoms with Crippen molar-refractivity contribution in [1.82, 2.24) is 15.3 Å². The average Bonchev–Trinajstić information content (AvgIpc) is 2.51. The predicted molar refractivity (Wildman–Crippen MR) is 90.1 cm³/mol. The van der Waals surface area contributed by atoms with Crippen molar-refractivity contribution in [2.75, 3.05) is 11.9 Å². The molecule has 1 aromatic carbocycles. The Bertz CT molecular complexity index is 742. The third-order valence-electron chi connectivity index (χ3n) is 3.55. The van der Waals surface area contributed by atoms with Crippen molar-refractivity contribution >= 4 is 34.2 Å². The van der Waals surface area contributed by atoms with Gasteiger partial charge in [0.1, 0.15) is 5.82 Å². The number of unbranched alkanes of at least 4 members (excludes halogenated alkanes) is 1. The van der Waals surface area contributed by atoms with Gasteiger partial charge in [0, 0.05) is 31.0 Å². The van der Waals surface area contributed by atoms with Crippen LogP contribution in [0.1, 0.15) is 33.1 Å². The van der Waals surface area contributed by atoms with Gasteiger partial charge >= 0.3 is 0 Å². The normalized spacial score (nSPS) is 12.2. The van der Waals surface area contributed by atoms with Gasteiger partial charge in [-0.1, -0.05) is 19.8 Å². The summed E-state index contributed by atoms with van der Waals surface area (Å²) in [6.45, 7) is 3.89. The Labute approximate surface area is 143 Å². The van der Waals surface area contributed by atoms with Gasteiger partial charge in [-0.05, 0) is 24.1 Å². The molecule has 1 heterocycles. The summed E-state index contributed by atoms with van der Waals surface area (Å²) < 4.78 is 27.0. The molecule has 2 N–H and O–H groups in total. The van der Waals surface area contributed by atoms with E-state index in [0.717, 1.165) is 31.4 Å². The number of nitrogens with one attached hydrogen (secondary N) is 2. The van der Waals surface area contributed by atoms with E-state index in [4.69, 9.17) is 11.6 Å². The van der Waals surface area contributed by atoms with Gasteiger partial charge in [0.15, 0.2) is 11.6 Å². The summed E-state index contributed by atoms with van der Waals surface area (Å²) in [7, 11) is 0. The molecule has 0 spiro atoms. The van der Waals surface area contributed by atoms with Crippen LogP contribution in [0.3, 0.4) is 0 Å². The summed E-state index contributed by atoms with van der Waals surface area (Å²) in [5.41, 5.74) is 0.213. The highest BCUT2D eigenvalue weighted by Gasteiger charge is 2.15. The molecule has 0 aliphatic rings. The van der Waals surface area contributed by atoms with Gasteiger partial charge in [0.2, 0.25) is 11.2 Å². The molecule has 0 saturated carbocycles. The number of hydrogen-bond acceptors (Lipinski definition) is 4. The maximum Gasteiger partial charge on any atom is 0.224 e. The Hall–Kier alpha value is -2.02. The van der Waals surface area contributed by atoms with Crippen LogP contribution in [-0.2, 0) is 4.79 Å². The summed E-state index contributed by atoms with van der Waals surface area (Å²) in [5, 5.41) is 6.18. The maximum absolute atomic E-state index is 13.6. The number of hydrogen-bond donors (Lipinski definition) is 2. The Morgan fingerprint density at radius 2 is 2.00 bits per heavy atom. The largest absolute Gasteiger partial charge is 0.365 e. The Balaban J connectivity index is 2.33. The topological polar surface area (TPSA) is 66.9 Å². The number of carbonyl (C=O) groups is 1. The Kier molecular flexibility index (Phi) is 6.25. The number of aromatic nitrogens is 2. The Morgan fingerprint density at radius 1 is 1.29 bits per heavy atom. The molecule has 0 bridgehead atoms. The maximum atomic E-state index is 13.6. The zero-order valence-electron chi connectivity index (χ0n) is 13.5. The van der Waals surface area contributed by atoms with Crippen molar-refractivity contribution in [1.29, 1.82) is 0 Å². The summed E-state index contributed by atoms with van der Waals surface area (Å²) >= 11 is 5.88. The lowest BCUT2D eigenvalue weighted by atomic mass is 10.1. The molecule has 1 unspecified atom stereocenters. The fourth-order valence-electron chi connectivity index (χ4n) is 2.34. The highest BCUT2D eigenvalue weighted by Crippen LogP contribution is 2.25. The number of benzene rings is 1. The van der Waals surface area contributed by atoms with Gasteiger partial charge in [-0.3, -0.25) is 4.79 Å². The van der Waals surface area contributed by atoms with E-state index in [0.29, 0.717) is 17.7 Å². The summed E-state index contributed by atoms with van der Waals surface area (Å²) in [4.78, 5) is 19.2. The second-order valence-electron chi connectivity index (χ2n) is 5.55. The molecule has 0 aliphatic heterocycles. The van der Waals surface area contributed by atoms with Gasteiger partial charge in [-0.15, -0.1) is 0 Å². The molecule has 24 heavy (non-hydrogen) atoms. The smallest absolute Gasteiger partial charge is 0.224 e. The summed E-state index contributed by atoms with van der Waals surface area (Å²) in [6.07, 6.45) is 2.71. The first-order chi connectivity index (χ1) is 11.4. The molecule has 1 aromatic heterocycles. The van der Waals surface area contributed by atoms with Crippen LogP contribution in [0.2, 0.25) is 5.28 Å². The molecule has 0 saturated heterocycles. The lowest BCUT2D eigenvalue weighted by Crippen LogP contribution is -2.35. The van der Waals surface area contributed by atoms with Crippen LogP contribution in [0.5, 0.6) is 0 Å². The van der Waals surface area contributed by atoms with Crippen LogP contribution in [0.4, 0.5) is 14.6 Å². The van der Waals surface area contributed by atoms with E-state index in [1.165, 1.54) is 6.92 Å². The van der Waals surface area contributed by atoms with Gasteiger partial charge < -0.3 is 10.6 Å². The van der Waals surface area contributed by atoms with E-state index in [2.05, 4.69) is 27.5 Å². The summed E-state index contributed by atoms with van der Waals surface area (Å²) in [5.74, 6) is -1.81. The number of amides is 1. The third kappa shape index (κ3) is 4.74. The van der Waals surface area contributed by atoms with Crippen LogP contribution in [-0.4, -0.2) is 28.5 Å². The van der Waals surface area contributed by atoms with Gasteiger partial charge in [0.05, 0.1) is 5.52 Å². The minimum absolute atomic E-state index is 0.0650. The van der Waals surface area contributed by atoms with Gasteiger partial charge in [0.25, 0.3) is 0 Å². The van der Waals surface area contributed by atoms with E-state index in [9.17, 15) is 13.6 Å². The van der Waals surface area contributed by atoms with Crippen LogP contribution in [0, 0.1) is 11.6 Å². The predicted octanol–water partition coefficient (Wildman–Crippen LogP) is 3.67. The standard InChI is InChI=1S/C16H19ClF2N4O/c1-3-4-5-10(8-20-9(2)24)21-15-11-6-12(18)13(19)7-14(11)22-16(17)23-15/h6-7,10H,3-5,8H2,1-2H3,(H,20,24)(H,21,22,23). The molecule has 2 aromatic rings. The highest BCUT2D eigenvalue weighted by atomic mass is 35.5. The van der Waals surface area contributed by atoms with E-state index in [1.807, 2.05) is 0 Å². The molecule has 0 aliphatic carbocycles. The van der Waals surface area contributed by atoms with Crippen molar-refractivity contribution in [2.45, 2.75) is 39.2 Å². The molecule has 8 heteroatoms. The second kappa shape index (κ2) is 8.19. The Morgan fingerprint density at radius 3 is 2.67 bits per heavy atom. The fraction of sp³-hybridized carbons (Fsp3) is 0.438. The van der Waals surface area contributed by atoms with E-state index in [-0.39, 0.29) is 22.7 Å². The van der Waals surface area contributed by atoms with E-state index in [1.54, 1.807) is 0 Å². The van der Waals surface area contributed by atoms with Gasteiger partial charge in [-0.25, -0.2) is 18.7 Å². The van der Waals surface area contributed by atoms with Crippen LogP contribution >= 0.6 is 11.6 Å². The van der Waals surface area contributed by atoms with E-state index >= 15 is 0 Å². The number of halogens is 3. The third-order valence-corrected chi connectivity index (χ3v) is 3.72. The monoisotopic (exact) mass is 356 g/mol. The first-order valence-electron chi connectivity index (χ1n) is 7.74. The zero-order chi connectivity index (χ0) is 17.7. The lowest BCUT2D eigenvalue weighted by Gasteiger charge is -2.20. The molecule has 1 atom stereocenters. The molecular weight excluding hydrogens is 338 g/mol. The fourth-order valence-corrected chi connectivity index (χ4v) is 2.52. The molecule has 1 amide bonds. The number of fused-ring (bicyclic) bond motifs is 1. The number of anilines is 1. The zero-order valence-corrected chi connectivity index (χ0v) is 14.3. The first kappa shape index (κ1) is 18.3. The molecule has 0 radical (unpaired) electrons. The summed E-state index contributed by atoms with van der Waals surface area (Å²) in [6, 6.07) is 1.91. The van der Waals surface area contributed by atoms with Crippen LogP contribution in [0.15, 0.2) is 12.1 Å². The number of nitrogens with zero attached hydrogens (tertiary/aromatic N) is 2. The molecule has 2 rings (SSSR count). The first-order valence-corrected chi connectivity index (χ1v) is 8.11. The average molecular weight is 357 g/mol. The highest BCUT2D eigenvalue weighted by molar-refractivity contribution is 6.28. The van der Waals surface area contributed by atoms with E-state index < -0.39 is 11.6 Å². The van der Waals surface area contributed by atoms with Gasteiger partial charge in [-0.2, -0.15) is 0 Å². The second-order valence-corrected chi connectivity index (χ2v) is 5.88. The SMILES string of the molecule is CCCCC(CNC(C)=O)Nc1nc(Cl)nc2cc(F)c(F)cc12. The molecular formula is C16H19ClF2N4O. The number of rotatable bonds is 7. The van der Waals surface area contributed by atoms with Crippen molar-refractivity contribution in [2.24, 2.45) is 0 Å². The molecule has 5 nitrogen and oxygen atoms in total. The quantitative estimate of drug-likeness (QED) is 0.743. The van der Waals surface area contributed by atoms with Crippen molar-refractivity contribution in [3.05, 3.63) is 29.1 Å².